The highest BCUT2D eigenvalue weighted by atomic mass is 16.1. The number of amides is 1. The van der Waals surface area contributed by atoms with Gasteiger partial charge in [-0.1, -0.05) is 0 Å². The Morgan fingerprint density at radius 3 is 3.00 bits per heavy atom. The molecule has 7 nitrogen and oxygen atoms in total. The molecule has 102 valence electrons. The molecule has 0 aliphatic rings. The zero-order valence-electron chi connectivity index (χ0n) is 11.2. The van der Waals surface area contributed by atoms with E-state index in [2.05, 4.69) is 25.4 Å². The van der Waals surface area contributed by atoms with E-state index in [1.807, 2.05) is 19.9 Å². The lowest BCUT2D eigenvalue weighted by Crippen LogP contribution is -2.25. The second kappa shape index (κ2) is 4.76. The molecule has 0 saturated carbocycles. The van der Waals surface area contributed by atoms with Gasteiger partial charge in [-0.2, -0.15) is 5.10 Å². The van der Waals surface area contributed by atoms with Crippen molar-refractivity contribution in [2.24, 2.45) is 0 Å². The molecule has 0 bridgehead atoms. The molecule has 0 aliphatic carbocycles. The van der Waals surface area contributed by atoms with Crippen molar-refractivity contribution in [1.29, 1.82) is 0 Å². The molecule has 0 aromatic carbocycles. The van der Waals surface area contributed by atoms with Crippen molar-refractivity contribution in [3.63, 3.8) is 0 Å². The molecular weight excluding hydrogens is 256 g/mol. The van der Waals surface area contributed by atoms with Crippen molar-refractivity contribution in [2.45, 2.75) is 20.4 Å². The fraction of sp³-hybridized carbons (Fsp3) is 0.231. The predicted octanol–water partition coefficient (Wildman–Crippen LogP) is 0.999. The maximum Gasteiger partial charge on any atom is 0.255 e. The van der Waals surface area contributed by atoms with E-state index in [1.54, 1.807) is 23.1 Å². The number of rotatable bonds is 3. The third-order valence-electron chi connectivity index (χ3n) is 3.06. The SMILES string of the molecule is Cc1cc2ncc(C(=O)NCc3ncc[nH]3)c(C)n2n1. The van der Waals surface area contributed by atoms with Gasteiger partial charge in [0, 0.05) is 24.7 Å². The predicted molar refractivity (Wildman–Crippen MR) is 72.2 cm³/mol. The second-order valence-corrected chi connectivity index (χ2v) is 4.53. The Morgan fingerprint density at radius 2 is 2.25 bits per heavy atom. The minimum atomic E-state index is -0.193. The quantitative estimate of drug-likeness (QED) is 0.743. The molecule has 0 saturated heterocycles. The summed E-state index contributed by atoms with van der Waals surface area (Å²) in [6.45, 7) is 4.09. The van der Waals surface area contributed by atoms with E-state index < -0.39 is 0 Å². The zero-order chi connectivity index (χ0) is 14.1. The summed E-state index contributed by atoms with van der Waals surface area (Å²) in [5, 5.41) is 7.12. The summed E-state index contributed by atoms with van der Waals surface area (Å²) in [4.78, 5) is 23.4. The molecular formula is C13H14N6O. The zero-order valence-corrected chi connectivity index (χ0v) is 11.2. The van der Waals surface area contributed by atoms with Crippen LogP contribution in [-0.2, 0) is 6.54 Å². The lowest BCUT2D eigenvalue weighted by atomic mass is 10.2. The first-order valence-corrected chi connectivity index (χ1v) is 6.23. The van der Waals surface area contributed by atoms with Crippen molar-refractivity contribution in [1.82, 2.24) is 29.9 Å². The van der Waals surface area contributed by atoms with Gasteiger partial charge in [-0.15, -0.1) is 0 Å². The molecule has 2 N–H and O–H groups in total. The number of nitrogens with zero attached hydrogens (tertiary/aromatic N) is 4. The van der Waals surface area contributed by atoms with E-state index in [0.29, 0.717) is 17.9 Å². The van der Waals surface area contributed by atoms with Gasteiger partial charge in [0.1, 0.15) is 5.82 Å². The van der Waals surface area contributed by atoms with E-state index >= 15 is 0 Å². The number of imidazole rings is 1. The maximum absolute atomic E-state index is 12.2. The average Bonchev–Trinajstić information content (AvgIpc) is 3.05. The average molecular weight is 270 g/mol. The van der Waals surface area contributed by atoms with Crippen molar-refractivity contribution in [2.75, 3.05) is 0 Å². The van der Waals surface area contributed by atoms with Crippen molar-refractivity contribution < 1.29 is 4.79 Å². The largest absolute Gasteiger partial charge is 0.347 e. The normalized spacial score (nSPS) is 10.9. The summed E-state index contributed by atoms with van der Waals surface area (Å²) in [7, 11) is 0. The Morgan fingerprint density at radius 1 is 1.40 bits per heavy atom. The van der Waals surface area contributed by atoms with Crippen LogP contribution in [0.5, 0.6) is 0 Å². The molecule has 7 heteroatoms. The van der Waals surface area contributed by atoms with Gasteiger partial charge < -0.3 is 10.3 Å². The number of aryl methyl sites for hydroxylation is 2. The topological polar surface area (TPSA) is 88.0 Å². The molecule has 0 fully saturated rings. The monoisotopic (exact) mass is 270 g/mol. The Hall–Kier alpha value is -2.70. The summed E-state index contributed by atoms with van der Waals surface area (Å²) in [6.07, 6.45) is 4.93. The van der Waals surface area contributed by atoms with Crippen molar-refractivity contribution in [3.8, 4) is 0 Å². The van der Waals surface area contributed by atoms with Crippen LogP contribution in [0.1, 0.15) is 27.6 Å². The van der Waals surface area contributed by atoms with Crippen LogP contribution in [0.25, 0.3) is 5.65 Å². The van der Waals surface area contributed by atoms with Crippen LogP contribution in [0, 0.1) is 13.8 Å². The fourth-order valence-corrected chi connectivity index (χ4v) is 2.04. The Kier molecular flexibility index (Phi) is 2.94. The highest BCUT2D eigenvalue weighted by Gasteiger charge is 2.13. The number of nitrogens with one attached hydrogen (secondary N) is 2. The van der Waals surface area contributed by atoms with E-state index in [4.69, 9.17) is 0 Å². The number of aromatic amines is 1. The molecule has 0 atom stereocenters. The lowest BCUT2D eigenvalue weighted by Gasteiger charge is -2.07. The standard InChI is InChI=1S/C13H14N6O/c1-8-5-12-16-6-10(9(2)19(12)18-8)13(20)17-7-11-14-3-4-15-11/h3-6H,7H2,1-2H3,(H,14,15)(H,17,20). The van der Waals surface area contributed by atoms with Gasteiger partial charge in [0.25, 0.3) is 5.91 Å². The van der Waals surface area contributed by atoms with Crippen LogP contribution < -0.4 is 5.32 Å². The van der Waals surface area contributed by atoms with Crippen molar-refractivity contribution >= 4 is 11.6 Å². The first-order valence-electron chi connectivity index (χ1n) is 6.23. The molecule has 0 aliphatic heterocycles. The van der Waals surface area contributed by atoms with Gasteiger partial charge in [-0.05, 0) is 13.8 Å². The summed E-state index contributed by atoms with van der Waals surface area (Å²) in [5.74, 6) is 0.515. The fourth-order valence-electron chi connectivity index (χ4n) is 2.04. The maximum atomic E-state index is 12.2. The van der Waals surface area contributed by atoms with Crippen LogP contribution in [-0.4, -0.2) is 30.5 Å². The van der Waals surface area contributed by atoms with Crippen LogP contribution in [0.4, 0.5) is 0 Å². The molecule has 3 aromatic heterocycles. The van der Waals surface area contributed by atoms with Gasteiger partial charge >= 0.3 is 0 Å². The van der Waals surface area contributed by atoms with E-state index in [1.165, 1.54) is 0 Å². The third kappa shape index (κ3) is 2.13. The van der Waals surface area contributed by atoms with Gasteiger partial charge in [0.05, 0.1) is 23.5 Å². The van der Waals surface area contributed by atoms with Gasteiger partial charge in [0.2, 0.25) is 0 Å². The van der Waals surface area contributed by atoms with E-state index in [0.717, 1.165) is 17.0 Å². The van der Waals surface area contributed by atoms with Gasteiger partial charge in [0.15, 0.2) is 5.65 Å². The van der Waals surface area contributed by atoms with Crippen LogP contribution >= 0.6 is 0 Å². The van der Waals surface area contributed by atoms with Gasteiger partial charge in [-0.3, -0.25) is 4.79 Å². The minimum Gasteiger partial charge on any atom is -0.347 e. The first-order chi connectivity index (χ1) is 9.65. The molecule has 20 heavy (non-hydrogen) atoms. The summed E-state index contributed by atoms with van der Waals surface area (Å²) in [5.41, 5.74) is 2.88. The Bertz CT molecular complexity index is 759. The number of hydrogen-bond acceptors (Lipinski definition) is 4. The van der Waals surface area contributed by atoms with Crippen LogP contribution in [0.3, 0.4) is 0 Å². The number of carbonyl (C=O) groups is 1. The van der Waals surface area contributed by atoms with Crippen LogP contribution in [0.2, 0.25) is 0 Å². The second-order valence-electron chi connectivity index (χ2n) is 4.53. The smallest absolute Gasteiger partial charge is 0.255 e. The molecule has 1 amide bonds. The van der Waals surface area contributed by atoms with Crippen molar-refractivity contribution in [3.05, 3.63) is 47.4 Å². The van der Waals surface area contributed by atoms with Gasteiger partial charge in [-0.25, -0.2) is 14.5 Å². The summed E-state index contributed by atoms with van der Waals surface area (Å²) in [6, 6.07) is 1.87. The number of fused-ring (bicyclic) bond motifs is 1. The summed E-state index contributed by atoms with van der Waals surface area (Å²) >= 11 is 0. The highest BCUT2D eigenvalue weighted by Crippen LogP contribution is 2.11. The molecule has 0 spiro atoms. The molecule has 0 radical (unpaired) electrons. The van der Waals surface area contributed by atoms with E-state index in [9.17, 15) is 4.79 Å². The van der Waals surface area contributed by atoms with Crippen LogP contribution in [0.15, 0.2) is 24.7 Å². The van der Waals surface area contributed by atoms with E-state index in [-0.39, 0.29) is 5.91 Å². The minimum absolute atomic E-state index is 0.193. The molecule has 0 unspecified atom stereocenters. The first kappa shape index (κ1) is 12.3. The number of H-pyrrole nitrogens is 1. The molecule has 3 rings (SSSR count). The highest BCUT2D eigenvalue weighted by molar-refractivity contribution is 5.95. The number of aromatic nitrogens is 5. The Labute approximate surface area is 115 Å². The Balaban J connectivity index is 1.85. The summed E-state index contributed by atoms with van der Waals surface area (Å²) < 4.78 is 1.68. The lowest BCUT2D eigenvalue weighted by molar-refractivity contribution is 0.0948. The number of carbonyl (C=O) groups excluding carboxylic acids is 1. The molecule has 3 heterocycles. The third-order valence-corrected chi connectivity index (χ3v) is 3.06. The molecule has 3 aromatic rings. The number of hydrogen-bond donors (Lipinski definition) is 2.